The van der Waals surface area contributed by atoms with Gasteiger partial charge in [0.15, 0.2) is 0 Å². The maximum atomic E-state index is 8.66. The molecule has 0 saturated carbocycles. The molecule has 2 atom stereocenters. The maximum absolute atomic E-state index is 8.66. The Kier molecular flexibility index (Phi) is 6.51. The van der Waals surface area contributed by atoms with E-state index < -0.39 is 0 Å². The molecule has 0 heterocycles. The average Bonchev–Trinajstić information content (AvgIpc) is 2.03. The van der Waals surface area contributed by atoms with Crippen molar-refractivity contribution in [3.8, 4) is 0 Å². The van der Waals surface area contributed by atoms with E-state index in [1.807, 2.05) is 0 Å². The Labute approximate surface area is 69.0 Å². The lowest BCUT2D eigenvalue weighted by Crippen LogP contribution is -2.41. The van der Waals surface area contributed by atoms with Gasteiger partial charge in [0.05, 0.1) is 0 Å². The van der Waals surface area contributed by atoms with Crippen LogP contribution >= 0.6 is 0 Å². The molecule has 0 radical (unpaired) electrons. The summed E-state index contributed by atoms with van der Waals surface area (Å²) in [4.78, 5) is 0. The maximum Gasteiger partial charge on any atom is 0.0446 e. The zero-order valence-corrected chi connectivity index (χ0v) is 7.51. The van der Waals surface area contributed by atoms with Gasteiger partial charge >= 0.3 is 0 Å². The minimum Gasteiger partial charge on any atom is -0.396 e. The molecule has 4 N–H and O–H groups in total. The predicted octanol–water partition coefficient (Wildman–Crippen LogP) is 0.0842. The van der Waals surface area contributed by atoms with Crippen molar-refractivity contribution in [2.75, 3.05) is 13.2 Å². The second-order valence-corrected chi connectivity index (χ2v) is 2.92. The molecule has 0 rings (SSSR count). The van der Waals surface area contributed by atoms with E-state index in [2.05, 4.69) is 19.2 Å². The van der Waals surface area contributed by atoms with Crippen LogP contribution in [0.5, 0.6) is 0 Å². The normalized spacial score (nSPS) is 16.4. The third kappa shape index (κ3) is 5.18. The zero-order valence-electron chi connectivity index (χ0n) is 7.51. The molecule has 0 bridgehead atoms. The number of aliphatic hydroxyl groups is 1. The molecule has 68 valence electrons. The van der Waals surface area contributed by atoms with Gasteiger partial charge in [-0.25, -0.2) is 0 Å². The summed E-state index contributed by atoms with van der Waals surface area (Å²) in [6.07, 6.45) is 1.85. The smallest absolute Gasteiger partial charge is 0.0446 e. The number of hydrogen-bond acceptors (Lipinski definition) is 3. The van der Waals surface area contributed by atoms with Crippen LogP contribution < -0.4 is 11.1 Å². The summed E-state index contributed by atoms with van der Waals surface area (Å²) < 4.78 is 0. The van der Waals surface area contributed by atoms with Crippen molar-refractivity contribution in [2.24, 2.45) is 5.73 Å². The molecule has 11 heavy (non-hydrogen) atoms. The SMILES string of the molecule is CCC(C)NC(CN)CCO. The number of nitrogens with two attached hydrogens (primary N) is 1. The fourth-order valence-electron chi connectivity index (χ4n) is 0.945. The lowest BCUT2D eigenvalue weighted by molar-refractivity contribution is 0.260. The number of nitrogens with one attached hydrogen (secondary N) is 1. The Morgan fingerprint density at radius 3 is 2.55 bits per heavy atom. The molecule has 2 unspecified atom stereocenters. The Hall–Kier alpha value is -0.120. The topological polar surface area (TPSA) is 58.3 Å². The molecule has 0 aromatic heterocycles. The van der Waals surface area contributed by atoms with Gasteiger partial charge in [0, 0.05) is 25.2 Å². The molecule has 0 aromatic carbocycles. The van der Waals surface area contributed by atoms with Gasteiger partial charge in [-0.05, 0) is 19.8 Å². The fourth-order valence-corrected chi connectivity index (χ4v) is 0.945. The van der Waals surface area contributed by atoms with Crippen LogP contribution in [0.3, 0.4) is 0 Å². The summed E-state index contributed by atoms with van der Waals surface area (Å²) in [7, 11) is 0. The van der Waals surface area contributed by atoms with Crippen molar-refractivity contribution in [3.05, 3.63) is 0 Å². The van der Waals surface area contributed by atoms with Crippen LogP contribution in [-0.2, 0) is 0 Å². The molecule has 0 aliphatic carbocycles. The molecule has 3 heteroatoms. The van der Waals surface area contributed by atoms with Crippen molar-refractivity contribution < 1.29 is 5.11 Å². The largest absolute Gasteiger partial charge is 0.396 e. The first kappa shape index (κ1) is 10.9. The highest BCUT2D eigenvalue weighted by atomic mass is 16.3. The molecule has 0 aliphatic rings. The Bertz CT molecular complexity index is 88.2. The molecule has 0 amide bonds. The highest BCUT2D eigenvalue weighted by Crippen LogP contribution is 1.94. The van der Waals surface area contributed by atoms with Crippen LogP contribution in [0, 0.1) is 0 Å². The zero-order chi connectivity index (χ0) is 8.69. The van der Waals surface area contributed by atoms with E-state index in [9.17, 15) is 0 Å². The van der Waals surface area contributed by atoms with Gasteiger partial charge in [0.2, 0.25) is 0 Å². The average molecular weight is 160 g/mol. The van der Waals surface area contributed by atoms with E-state index in [1.165, 1.54) is 0 Å². The van der Waals surface area contributed by atoms with Crippen molar-refractivity contribution in [1.82, 2.24) is 5.32 Å². The standard InChI is InChI=1S/C8H20N2O/c1-3-7(2)10-8(6-9)4-5-11/h7-8,10-11H,3-6,9H2,1-2H3. The van der Waals surface area contributed by atoms with Gasteiger partial charge in [-0.2, -0.15) is 0 Å². The predicted molar refractivity (Wildman–Crippen MR) is 47.4 cm³/mol. The van der Waals surface area contributed by atoms with E-state index in [0.29, 0.717) is 12.6 Å². The number of aliphatic hydroxyl groups excluding tert-OH is 1. The first-order chi connectivity index (χ1) is 5.24. The van der Waals surface area contributed by atoms with E-state index in [4.69, 9.17) is 10.8 Å². The van der Waals surface area contributed by atoms with Crippen LogP contribution in [0.4, 0.5) is 0 Å². The molecule has 0 fully saturated rings. The highest BCUT2D eigenvalue weighted by molar-refractivity contribution is 4.70. The first-order valence-electron chi connectivity index (χ1n) is 4.31. The fraction of sp³-hybridized carbons (Fsp3) is 1.00. The van der Waals surface area contributed by atoms with Crippen LogP contribution in [0.15, 0.2) is 0 Å². The molecule has 0 saturated heterocycles. The molecular weight excluding hydrogens is 140 g/mol. The summed E-state index contributed by atoms with van der Waals surface area (Å²) in [5.74, 6) is 0. The van der Waals surface area contributed by atoms with E-state index in [-0.39, 0.29) is 12.6 Å². The minimum atomic E-state index is 0.214. The van der Waals surface area contributed by atoms with Crippen molar-refractivity contribution in [2.45, 2.75) is 38.8 Å². The van der Waals surface area contributed by atoms with Crippen LogP contribution in [0.25, 0.3) is 0 Å². The molecule has 0 aliphatic heterocycles. The van der Waals surface area contributed by atoms with Gasteiger partial charge in [-0.3, -0.25) is 0 Å². The van der Waals surface area contributed by atoms with Crippen LogP contribution in [0.2, 0.25) is 0 Å². The van der Waals surface area contributed by atoms with E-state index in [0.717, 1.165) is 12.8 Å². The quantitative estimate of drug-likeness (QED) is 0.516. The monoisotopic (exact) mass is 160 g/mol. The van der Waals surface area contributed by atoms with Crippen molar-refractivity contribution in [1.29, 1.82) is 0 Å². The van der Waals surface area contributed by atoms with Gasteiger partial charge in [-0.1, -0.05) is 6.92 Å². The van der Waals surface area contributed by atoms with E-state index in [1.54, 1.807) is 0 Å². The Morgan fingerprint density at radius 1 is 1.55 bits per heavy atom. The second-order valence-electron chi connectivity index (χ2n) is 2.92. The van der Waals surface area contributed by atoms with Crippen LogP contribution in [-0.4, -0.2) is 30.3 Å². The Balaban J connectivity index is 3.49. The van der Waals surface area contributed by atoms with Crippen molar-refractivity contribution in [3.63, 3.8) is 0 Å². The summed E-state index contributed by atoms with van der Waals surface area (Å²) >= 11 is 0. The van der Waals surface area contributed by atoms with Crippen molar-refractivity contribution >= 4 is 0 Å². The van der Waals surface area contributed by atoms with E-state index >= 15 is 0 Å². The number of rotatable bonds is 6. The summed E-state index contributed by atoms with van der Waals surface area (Å²) in [5.41, 5.74) is 5.49. The highest BCUT2D eigenvalue weighted by Gasteiger charge is 2.07. The summed E-state index contributed by atoms with van der Waals surface area (Å²) in [6.45, 7) is 5.07. The third-order valence-electron chi connectivity index (χ3n) is 1.89. The van der Waals surface area contributed by atoms with Gasteiger partial charge < -0.3 is 16.2 Å². The minimum absolute atomic E-state index is 0.214. The summed E-state index contributed by atoms with van der Waals surface area (Å²) in [6, 6.07) is 0.769. The van der Waals surface area contributed by atoms with Crippen LogP contribution in [0.1, 0.15) is 26.7 Å². The third-order valence-corrected chi connectivity index (χ3v) is 1.89. The molecule has 0 spiro atoms. The van der Waals surface area contributed by atoms with Gasteiger partial charge in [-0.15, -0.1) is 0 Å². The second kappa shape index (κ2) is 6.58. The molecule has 0 aromatic rings. The number of hydrogen-bond donors (Lipinski definition) is 3. The molecule has 3 nitrogen and oxygen atoms in total. The lowest BCUT2D eigenvalue weighted by Gasteiger charge is -2.20. The Morgan fingerprint density at radius 2 is 2.18 bits per heavy atom. The van der Waals surface area contributed by atoms with Gasteiger partial charge in [0.25, 0.3) is 0 Å². The summed E-state index contributed by atoms with van der Waals surface area (Å²) in [5, 5.41) is 12.0. The first-order valence-corrected chi connectivity index (χ1v) is 4.31. The lowest BCUT2D eigenvalue weighted by atomic mass is 10.1. The molecular formula is C8H20N2O. The van der Waals surface area contributed by atoms with Gasteiger partial charge in [0.1, 0.15) is 0 Å².